The van der Waals surface area contributed by atoms with Crippen LogP contribution in [0.15, 0.2) is 55.1 Å². The van der Waals surface area contributed by atoms with Crippen molar-refractivity contribution < 1.29 is 4.74 Å². The van der Waals surface area contributed by atoms with Gasteiger partial charge in [0, 0.05) is 91.7 Å². The fourth-order valence-electron chi connectivity index (χ4n) is 4.67. The summed E-state index contributed by atoms with van der Waals surface area (Å²) in [6.45, 7) is 4.61. The predicted octanol–water partition coefficient (Wildman–Crippen LogP) is 4.29. The number of ether oxygens (including phenoxy) is 1. The molecule has 0 spiro atoms. The van der Waals surface area contributed by atoms with Gasteiger partial charge in [-0.1, -0.05) is 0 Å². The number of allylic oxidation sites excluding steroid dienone is 1. The number of aromatic nitrogens is 4. The van der Waals surface area contributed by atoms with Crippen LogP contribution in [0.3, 0.4) is 0 Å². The van der Waals surface area contributed by atoms with Crippen LogP contribution in [0.2, 0.25) is 0 Å². The Bertz CT molecular complexity index is 1220. The van der Waals surface area contributed by atoms with E-state index in [2.05, 4.69) is 32.8 Å². The van der Waals surface area contributed by atoms with Crippen LogP contribution in [-0.2, 0) is 4.74 Å². The monoisotopic (exact) mass is 498 g/mol. The average molecular weight is 499 g/mol. The highest BCUT2D eigenvalue weighted by Crippen LogP contribution is 2.28. The SMILES string of the molecule is C[C@H]1CC[C@@H](c2nc(Nc3ccnc(/C(C=N)=C/NC4CCOCC4)c3)cc(-c3cccnc3)n2)CN1. The van der Waals surface area contributed by atoms with Gasteiger partial charge >= 0.3 is 0 Å². The Balaban J connectivity index is 1.40. The van der Waals surface area contributed by atoms with Crippen LogP contribution in [-0.4, -0.2) is 58.0 Å². The summed E-state index contributed by atoms with van der Waals surface area (Å²) < 4.78 is 5.43. The highest BCUT2D eigenvalue weighted by Gasteiger charge is 2.23. The van der Waals surface area contributed by atoms with Gasteiger partial charge in [0.15, 0.2) is 0 Å². The summed E-state index contributed by atoms with van der Waals surface area (Å²) in [4.78, 5) is 18.6. The number of nitrogens with zero attached hydrogens (tertiary/aromatic N) is 4. The molecule has 2 saturated heterocycles. The lowest BCUT2D eigenvalue weighted by Gasteiger charge is -2.27. The molecule has 3 aromatic heterocycles. The van der Waals surface area contributed by atoms with E-state index >= 15 is 0 Å². The van der Waals surface area contributed by atoms with Crippen molar-refractivity contribution in [2.75, 3.05) is 25.1 Å². The lowest BCUT2D eigenvalue weighted by Crippen LogP contribution is -2.36. The number of nitrogens with one attached hydrogen (secondary N) is 4. The molecular formula is C28H34N8O. The quantitative estimate of drug-likeness (QED) is 0.340. The molecule has 0 bridgehead atoms. The molecule has 0 aromatic carbocycles. The van der Waals surface area contributed by atoms with Crippen molar-refractivity contribution in [2.45, 2.75) is 50.6 Å². The average Bonchev–Trinajstić information content (AvgIpc) is 2.95. The van der Waals surface area contributed by atoms with Gasteiger partial charge in [0.05, 0.1) is 11.4 Å². The Morgan fingerprint density at radius 3 is 2.76 bits per heavy atom. The Hall–Kier alpha value is -3.69. The van der Waals surface area contributed by atoms with Gasteiger partial charge in [-0.2, -0.15) is 0 Å². The Kier molecular flexibility index (Phi) is 8.12. The molecule has 2 fully saturated rings. The fourth-order valence-corrected chi connectivity index (χ4v) is 4.67. The van der Waals surface area contributed by atoms with Gasteiger partial charge in [-0.15, -0.1) is 0 Å². The molecule has 0 unspecified atom stereocenters. The van der Waals surface area contributed by atoms with Crippen molar-refractivity contribution in [3.05, 3.63) is 66.6 Å². The van der Waals surface area contributed by atoms with E-state index in [0.717, 1.165) is 79.6 Å². The maximum absolute atomic E-state index is 7.93. The first-order chi connectivity index (χ1) is 18.2. The molecule has 9 heteroatoms. The maximum atomic E-state index is 7.93. The van der Waals surface area contributed by atoms with E-state index in [9.17, 15) is 0 Å². The molecule has 192 valence electrons. The molecule has 0 radical (unpaired) electrons. The zero-order chi connectivity index (χ0) is 25.5. The van der Waals surface area contributed by atoms with E-state index in [1.807, 2.05) is 42.7 Å². The highest BCUT2D eigenvalue weighted by molar-refractivity contribution is 6.07. The molecule has 5 heterocycles. The van der Waals surface area contributed by atoms with Gasteiger partial charge in [0.2, 0.25) is 0 Å². The first-order valence-electron chi connectivity index (χ1n) is 13.0. The van der Waals surface area contributed by atoms with Crippen molar-refractivity contribution in [3.8, 4) is 11.3 Å². The predicted molar refractivity (Wildman–Crippen MR) is 146 cm³/mol. The summed E-state index contributed by atoms with van der Waals surface area (Å²) in [5.41, 5.74) is 4.08. The van der Waals surface area contributed by atoms with E-state index in [1.54, 1.807) is 12.4 Å². The lowest BCUT2D eigenvalue weighted by molar-refractivity contribution is 0.0812. The summed E-state index contributed by atoms with van der Waals surface area (Å²) in [5, 5.41) is 18.4. The maximum Gasteiger partial charge on any atom is 0.135 e. The smallest absolute Gasteiger partial charge is 0.135 e. The molecule has 0 saturated carbocycles. The normalized spacial score (nSPS) is 20.8. The Morgan fingerprint density at radius 1 is 1.11 bits per heavy atom. The molecule has 2 aliphatic rings. The van der Waals surface area contributed by atoms with Gasteiger partial charge in [-0.3, -0.25) is 9.97 Å². The first-order valence-corrected chi connectivity index (χ1v) is 13.0. The van der Waals surface area contributed by atoms with Crippen LogP contribution >= 0.6 is 0 Å². The van der Waals surface area contributed by atoms with Gasteiger partial charge in [0.1, 0.15) is 11.6 Å². The van der Waals surface area contributed by atoms with Gasteiger partial charge in [-0.25, -0.2) is 9.97 Å². The second-order valence-corrected chi connectivity index (χ2v) is 9.67. The lowest BCUT2D eigenvalue weighted by atomic mass is 9.94. The summed E-state index contributed by atoms with van der Waals surface area (Å²) in [6.07, 6.45) is 12.6. The molecular weight excluding hydrogens is 464 g/mol. The van der Waals surface area contributed by atoms with Crippen LogP contribution in [0.4, 0.5) is 11.5 Å². The van der Waals surface area contributed by atoms with Crippen LogP contribution in [0.1, 0.15) is 50.0 Å². The second kappa shape index (κ2) is 12.0. The number of anilines is 2. The molecule has 3 aromatic rings. The van der Waals surface area contributed by atoms with Crippen molar-refractivity contribution in [2.24, 2.45) is 0 Å². The zero-order valence-electron chi connectivity index (χ0n) is 21.2. The summed E-state index contributed by atoms with van der Waals surface area (Å²) in [5.74, 6) is 1.81. The minimum Gasteiger partial charge on any atom is -0.387 e. The first kappa shape index (κ1) is 25.0. The van der Waals surface area contributed by atoms with Crippen molar-refractivity contribution in [1.82, 2.24) is 30.6 Å². The minimum atomic E-state index is 0.255. The van der Waals surface area contributed by atoms with E-state index in [0.29, 0.717) is 17.8 Å². The standard InChI is InChI=1S/C28H34N8O/c1-19-4-5-21(17-32-19)28-35-26(20-3-2-9-30-16-20)14-27(36-28)34-24-6-10-31-25(13-24)22(15-29)18-33-23-7-11-37-12-8-23/h2-3,6,9-10,13-16,18-19,21,23,29,32-33H,4-5,7-8,11-12,17H2,1H3,(H,31,34,35,36)/b22-18+,29-15?/t19-,21+/m0/s1. The molecule has 2 atom stereocenters. The van der Waals surface area contributed by atoms with Crippen molar-refractivity contribution in [1.29, 1.82) is 5.41 Å². The number of rotatable bonds is 8. The largest absolute Gasteiger partial charge is 0.387 e. The molecule has 5 rings (SSSR count). The zero-order valence-corrected chi connectivity index (χ0v) is 21.2. The molecule has 0 amide bonds. The molecule has 37 heavy (non-hydrogen) atoms. The van der Waals surface area contributed by atoms with Crippen LogP contribution < -0.4 is 16.0 Å². The van der Waals surface area contributed by atoms with Gasteiger partial charge in [-0.05, 0) is 56.9 Å². The molecule has 0 aliphatic carbocycles. The number of piperidine rings is 1. The molecule has 4 N–H and O–H groups in total. The van der Waals surface area contributed by atoms with E-state index in [-0.39, 0.29) is 5.92 Å². The number of hydrogen-bond donors (Lipinski definition) is 4. The van der Waals surface area contributed by atoms with E-state index in [4.69, 9.17) is 20.1 Å². The number of hydrogen-bond acceptors (Lipinski definition) is 9. The van der Waals surface area contributed by atoms with E-state index in [1.165, 1.54) is 6.21 Å². The second-order valence-electron chi connectivity index (χ2n) is 9.67. The van der Waals surface area contributed by atoms with Gasteiger partial charge in [0.25, 0.3) is 0 Å². The van der Waals surface area contributed by atoms with Crippen LogP contribution in [0, 0.1) is 5.41 Å². The molecule has 9 nitrogen and oxygen atoms in total. The van der Waals surface area contributed by atoms with Crippen LogP contribution in [0.5, 0.6) is 0 Å². The fraction of sp³-hybridized carbons (Fsp3) is 0.393. The van der Waals surface area contributed by atoms with Crippen molar-refractivity contribution >= 4 is 23.3 Å². The van der Waals surface area contributed by atoms with Gasteiger partial charge < -0.3 is 26.1 Å². The number of pyridine rings is 2. The van der Waals surface area contributed by atoms with E-state index < -0.39 is 0 Å². The topological polar surface area (TPSA) is 121 Å². The summed E-state index contributed by atoms with van der Waals surface area (Å²) in [7, 11) is 0. The third kappa shape index (κ3) is 6.55. The van der Waals surface area contributed by atoms with Crippen LogP contribution in [0.25, 0.3) is 16.8 Å². The third-order valence-electron chi connectivity index (χ3n) is 6.91. The summed E-state index contributed by atoms with van der Waals surface area (Å²) in [6, 6.07) is 10.6. The Labute approximate surface area is 217 Å². The third-order valence-corrected chi connectivity index (χ3v) is 6.91. The highest BCUT2D eigenvalue weighted by atomic mass is 16.5. The minimum absolute atomic E-state index is 0.255. The van der Waals surface area contributed by atoms with Crippen molar-refractivity contribution in [3.63, 3.8) is 0 Å². The Morgan fingerprint density at radius 2 is 2.00 bits per heavy atom. The summed E-state index contributed by atoms with van der Waals surface area (Å²) >= 11 is 0. The molecule has 2 aliphatic heterocycles.